The molecule has 0 aliphatic rings. The molecule has 6 nitrogen and oxygen atoms in total. The van der Waals surface area contributed by atoms with Crippen LogP contribution >= 0.6 is 11.6 Å². The number of carbonyl (C=O) groups is 1. The van der Waals surface area contributed by atoms with Crippen LogP contribution in [0.25, 0.3) is 11.5 Å². The van der Waals surface area contributed by atoms with Crippen LogP contribution in [0.2, 0.25) is 5.02 Å². The van der Waals surface area contributed by atoms with Crippen molar-refractivity contribution >= 4 is 23.5 Å². The molecule has 1 amide bonds. The fraction of sp³-hybridized carbons (Fsp3) is 0.118. The van der Waals surface area contributed by atoms with Gasteiger partial charge in [-0.15, -0.1) is 0 Å². The lowest BCUT2D eigenvalue weighted by atomic mass is 10.1. The summed E-state index contributed by atoms with van der Waals surface area (Å²) in [7, 11) is 0. The number of anilines is 1. The number of amides is 1. The Morgan fingerprint density at radius 2 is 1.96 bits per heavy atom. The summed E-state index contributed by atoms with van der Waals surface area (Å²) in [5.74, 6) is 0.450. The zero-order valence-corrected chi connectivity index (χ0v) is 13.6. The molecule has 0 fully saturated rings. The highest BCUT2D eigenvalue weighted by Gasteiger charge is 2.13. The van der Waals surface area contributed by atoms with Crippen LogP contribution in [0.3, 0.4) is 0 Å². The van der Waals surface area contributed by atoms with Gasteiger partial charge < -0.3 is 9.26 Å². The molecule has 0 radical (unpaired) electrons. The van der Waals surface area contributed by atoms with Crippen LogP contribution in [-0.4, -0.2) is 22.7 Å². The van der Waals surface area contributed by atoms with E-state index in [2.05, 4.69) is 15.5 Å². The summed E-state index contributed by atoms with van der Waals surface area (Å²) in [4.78, 5) is 16.1. The molecule has 122 valence electrons. The van der Waals surface area contributed by atoms with E-state index in [4.69, 9.17) is 20.9 Å². The number of benzene rings is 2. The summed E-state index contributed by atoms with van der Waals surface area (Å²) in [6, 6.07) is 14.5. The summed E-state index contributed by atoms with van der Waals surface area (Å²) in [5.41, 5.74) is 1.82. The lowest BCUT2D eigenvalue weighted by Crippen LogP contribution is -2.20. The van der Waals surface area contributed by atoms with E-state index >= 15 is 0 Å². The van der Waals surface area contributed by atoms with E-state index in [9.17, 15) is 4.79 Å². The van der Waals surface area contributed by atoms with Gasteiger partial charge in [0.05, 0.1) is 5.02 Å². The fourth-order valence-electron chi connectivity index (χ4n) is 2.06. The van der Waals surface area contributed by atoms with Gasteiger partial charge in [-0.2, -0.15) is 4.98 Å². The molecule has 2 aromatic carbocycles. The monoisotopic (exact) mass is 343 g/mol. The SMILES string of the molecule is Cc1ccccc1-c1nc(NC(=O)COc2ccccc2Cl)no1. The predicted molar refractivity (Wildman–Crippen MR) is 90.0 cm³/mol. The summed E-state index contributed by atoms with van der Waals surface area (Å²) in [5, 5.41) is 6.70. The van der Waals surface area contributed by atoms with Crippen molar-refractivity contribution in [3.8, 4) is 17.2 Å². The molecular formula is C17H14ClN3O3. The van der Waals surface area contributed by atoms with Crippen molar-refractivity contribution in [1.82, 2.24) is 10.1 Å². The quantitative estimate of drug-likeness (QED) is 0.764. The Hall–Kier alpha value is -2.86. The minimum absolute atomic E-state index is 0.0843. The first kappa shape index (κ1) is 16.0. The van der Waals surface area contributed by atoms with Crippen molar-refractivity contribution in [3.05, 3.63) is 59.1 Å². The second-order valence-electron chi connectivity index (χ2n) is 5.01. The molecule has 3 rings (SSSR count). The maximum Gasteiger partial charge on any atom is 0.270 e. The molecule has 1 N–H and O–H groups in total. The predicted octanol–water partition coefficient (Wildman–Crippen LogP) is 3.72. The number of para-hydroxylation sites is 1. The Morgan fingerprint density at radius 3 is 2.75 bits per heavy atom. The second-order valence-corrected chi connectivity index (χ2v) is 5.41. The van der Waals surface area contributed by atoms with E-state index in [1.54, 1.807) is 24.3 Å². The van der Waals surface area contributed by atoms with Gasteiger partial charge in [-0.3, -0.25) is 10.1 Å². The Morgan fingerprint density at radius 1 is 1.21 bits per heavy atom. The molecule has 0 unspecified atom stereocenters. The molecule has 0 bridgehead atoms. The van der Waals surface area contributed by atoms with Gasteiger partial charge in [0.2, 0.25) is 0 Å². The highest BCUT2D eigenvalue weighted by molar-refractivity contribution is 6.32. The van der Waals surface area contributed by atoms with Crippen molar-refractivity contribution < 1.29 is 14.1 Å². The molecular weight excluding hydrogens is 330 g/mol. The second kappa shape index (κ2) is 7.14. The van der Waals surface area contributed by atoms with Gasteiger partial charge in [-0.25, -0.2) is 0 Å². The van der Waals surface area contributed by atoms with Crippen molar-refractivity contribution in [2.24, 2.45) is 0 Å². The molecule has 0 atom stereocenters. The van der Waals surface area contributed by atoms with E-state index in [1.807, 2.05) is 31.2 Å². The minimum Gasteiger partial charge on any atom is -0.482 e. The zero-order chi connectivity index (χ0) is 16.9. The third kappa shape index (κ3) is 3.72. The third-order valence-corrected chi connectivity index (χ3v) is 3.56. The van der Waals surface area contributed by atoms with Crippen molar-refractivity contribution in [3.63, 3.8) is 0 Å². The van der Waals surface area contributed by atoms with E-state index in [1.165, 1.54) is 0 Å². The molecule has 0 aliphatic carbocycles. The zero-order valence-electron chi connectivity index (χ0n) is 12.8. The molecule has 0 saturated heterocycles. The number of nitrogens with one attached hydrogen (secondary N) is 1. The lowest BCUT2D eigenvalue weighted by Gasteiger charge is -2.06. The van der Waals surface area contributed by atoms with Crippen LogP contribution in [-0.2, 0) is 4.79 Å². The summed E-state index contributed by atoms with van der Waals surface area (Å²) < 4.78 is 10.5. The molecule has 0 aliphatic heterocycles. The third-order valence-electron chi connectivity index (χ3n) is 3.25. The van der Waals surface area contributed by atoms with E-state index in [0.29, 0.717) is 16.7 Å². The maximum atomic E-state index is 11.9. The van der Waals surface area contributed by atoms with Crippen molar-refractivity contribution in [2.75, 3.05) is 11.9 Å². The Labute approximate surface area is 143 Å². The van der Waals surface area contributed by atoms with Crippen LogP contribution in [0.1, 0.15) is 5.56 Å². The van der Waals surface area contributed by atoms with Crippen LogP contribution < -0.4 is 10.1 Å². The number of rotatable bonds is 5. The Kier molecular flexibility index (Phi) is 4.77. The van der Waals surface area contributed by atoms with Gasteiger partial charge in [0.15, 0.2) is 6.61 Å². The largest absolute Gasteiger partial charge is 0.482 e. The average Bonchev–Trinajstić information content (AvgIpc) is 3.03. The molecule has 3 aromatic rings. The van der Waals surface area contributed by atoms with Crippen LogP contribution in [0.15, 0.2) is 53.1 Å². The Bertz CT molecular complexity index is 864. The number of aromatic nitrogens is 2. The molecule has 7 heteroatoms. The number of ether oxygens (including phenoxy) is 1. The summed E-state index contributed by atoms with van der Waals surface area (Å²) >= 11 is 5.96. The smallest absolute Gasteiger partial charge is 0.270 e. The van der Waals surface area contributed by atoms with Crippen LogP contribution in [0, 0.1) is 6.92 Å². The van der Waals surface area contributed by atoms with Gasteiger partial charge in [0.25, 0.3) is 17.7 Å². The Balaban J connectivity index is 1.62. The normalized spacial score (nSPS) is 10.4. The number of carbonyl (C=O) groups excluding carboxylic acids is 1. The number of aryl methyl sites for hydroxylation is 1. The van der Waals surface area contributed by atoms with Crippen molar-refractivity contribution in [2.45, 2.75) is 6.92 Å². The van der Waals surface area contributed by atoms with E-state index in [0.717, 1.165) is 11.1 Å². The van der Waals surface area contributed by atoms with Gasteiger partial charge >= 0.3 is 0 Å². The van der Waals surface area contributed by atoms with E-state index in [-0.39, 0.29) is 12.6 Å². The van der Waals surface area contributed by atoms with Gasteiger partial charge in [-0.05, 0) is 35.8 Å². The average molecular weight is 344 g/mol. The molecule has 24 heavy (non-hydrogen) atoms. The number of nitrogens with zero attached hydrogens (tertiary/aromatic N) is 2. The lowest BCUT2D eigenvalue weighted by molar-refractivity contribution is -0.118. The summed E-state index contributed by atoms with van der Waals surface area (Å²) in [6.07, 6.45) is 0. The van der Waals surface area contributed by atoms with Gasteiger partial charge in [0, 0.05) is 5.56 Å². The minimum atomic E-state index is -0.410. The number of hydrogen-bond donors (Lipinski definition) is 1. The first-order chi connectivity index (χ1) is 11.6. The standard InChI is InChI=1S/C17H14ClN3O3/c1-11-6-2-3-7-12(11)16-20-17(21-24-16)19-15(22)10-23-14-9-5-4-8-13(14)18/h2-9H,10H2,1H3,(H,19,21,22). The molecule has 0 spiro atoms. The molecule has 1 aromatic heterocycles. The molecule has 0 saturated carbocycles. The highest BCUT2D eigenvalue weighted by atomic mass is 35.5. The van der Waals surface area contributed by atoms with Gasteiger partial charge in [-0.1, -0.05) is 41.9 Å². The van der Waals surface area contributed by atoms with Gasteiger partial charge in [0.1, 0.15) is 5.75 Å². The summed E-state index contributed by atoms with van der Waals surface area (Å²) in [6.45, 7) is 1.73. The number of hydrogen-bond acceptors (Lipinski definition) is 5. The van der Waals surface area contributed by atoms with Crippen molar-refractivity contribution in [1.29, 1.82) is 0 Å². The maximum absolute atomic E-state index is 11.9. The highest BCUT2D eigenvalue weighted by Crippen LogP contribution is 2.23. The van der Waals surface area contributed by atoms with E-state index < -0.39 is 5.91 Å². The number of halogens is 1. The first-order valence-electron chi connectivity index (χ1n) is 7.20. The topological polar surface area (TPSA) is 77.2 Å². The fourth-order valence-corrected chi connectivity index (χ4v) is 2.25. The van der Waals surface area contributed by atoms with Crippen LogP contribution in [0.5, 0.6) is 5.75 Å². The van der Waals surface area contributed by atoms with Crippen LogP contribution in [0.4, 0.5) is 5.95 Å². The first-order valence-corrected chi connectivity index (χ1v) is 7.58. The molecule has 1 heterocycles.